The lowest BCUT2D eigenvalue weighted by molar-refractivity contribution is -0.141. The van der Waals surface area contributed by atoms with Crippen LogP contribution in [0.4, 0.5) is 0 Å². The third-order valence-electron chi connectivity index (χ3n) is 5.75. The van der Waals surface area contributed by atoms with E-state index in [2.05, 4.69) is 11.4 Å². The van der Waals surface area contributed by atoms with Crippen LogP contribution in [-0.4, -0.2) is 35.9 Å². The van der Waals surface area contributed by atoms with Crippen molar-refractivity contribution in [2.45, 2.75) is 72.5 Å². The number of hydrogen-bond acceptors (Lipinski definition) is 3. The fraction of sp³-hybridized carbons (Fsp3) is 0.462. The summed E-state index contributed by atoms with van der Waals surface area (Å²) in [5, 5.41) is 3.05. The summed E-state index contributed by atoms with van der Waals surface area (Å²) in [6.45, 7) is 10.4. The second-order valence-corrected chi connectivity index (χ2v) is 8.22. The average Bonchev–Trinajstić information content (AvgIpc) is 2.76. The number of carbonyl (C=O) groups is 2. The number of nitrogens with zero attached hydrogens (tertiary/aromatic N) is 1. The molecule has 2 aromatic carbocycles. The fourth-order valence-electron chi connectivity index (χ4n) is 3.54. The van der Waals surface area contributed by atoms with Crippen LogP contribution in [0.2, 0.25) is 0 Å². The first-order valence-electron chi connectivity index (χ1n) is 11.1. The zero-order valence-electron chi connectivity index (χ0n) is 19.7. The predicted molar refractivity (Wildman–Crippen MR) is 125 cm³/mol. The van der Waals surface area contributed by atoms with E-state index >= 15 is 0 Å². The Bertz CT molecular complexity index is 877. The Morgan fingerprint density at radius 2 is 1.71 bits per heavy atom. The Hall–Kier alpha value is -2.82. The Morgan fingerprint density at radius 1 is 1.03 bits per heavy atom. The lowest BCUT2D eigenvalue weighted by atomic mass is 10.0. The van der Waals surface area contributed by atoms with Crippen LogP contribution in [0.1, 0.15) is 55.9 Å². The standard InChI is InChI=1S/C26H36N2O3/c1-7-20(5)27-26(30)24(8-2)28(17-21-11-13-23(31-6)14-12-21)25(29)16-22-15-18(3)9-10-19(22)4/h9-15,20,24H,7-8,16-17H2,1-6H3,(H,27,30)/t20-,24-/m1/s1. The molecule has 5 nitrogen and oxygen atoms in total. The highest BCUT2D eigenvalue weighted by Gasteiger charge is 2.29. The van der Waals surface area contributed by atoms with Gasteiger partial charge in [-0.25, -0.2) is 0 Å². The summed E-state index contributed by atoms with van der Waals surface area (Å²) in [6, 6.07) is 13.3. The van der Waals surface area contributed by atoms with E-state index < -0.39 is 6.04 Å². The molecule has 0 bridgehead atoms. The van der Waals surface area contributed by atoms with Crippen LogP contribution in [0.15, 0.2) is 42.5 Å². The molecule has 0 aliphatic rings. The molecule has 5 heteroatoms. The number of amides is 2. The van der Waals surface area contributed by atoms with E-state index in [-0.39, 0.29) is 24.3 Å². The topological polar surface area (TPSA) is 58.6 Å². The second-order valence-electron chi connectivity index (χ2n) is 8.22. The molecule has 0 aromatic heterocycles. The van der Waals surface area contributed by atoms with Crippen molar-refractivity contribution in [3.63, 3.8) is 0 Å². The van der Waals surface area contributed by atoms with Crippen LogP contribution in [0.5, 0.6) is 5.75 Å². The van der Waals surface area contributed by atoms with Crippen molar-refractivity contribution in [2.75, 3.05) is 7.11 Å². The molecule has 168 valence electrons. The minimum Gasteiger partial charge on any atom is -0.497 e. The number of benzene rings is 2. The number of methoxy groups -OCH3 is 1. The molecule has 2 atom stereocenters. The maximum atomic E-state index is 13.5. The summed E-state index contributed by atoms with van der Waals surface area (Å²) in [6.07, 6.45) is 1.67. The monoisotopic (exact) mass is 424 g/mol. The molecule has 31 heavy (non-hydrogen) atoms. The Balaban J connectivity index is 2.33. The number of carbonyl (C=O) groups excluding carboxylic acids is 2. The third-order valence-corrected chi connectivity index (χ3v) is 5.75. The summed E-state index contributed by atoms with van der Waals surface area (Å²) in [5.74, 6) is 0.619. The number of aryl methyl sites for hydroxylation is 2. The number of hydrogen-bond donors (Lipinski definition) is 1. The average molecular weight is 425 g/mol. The summed E-state index contributed by atoms with van der Waals surface area (Å²) >= 11 is 0. The smallest absolute Gasteiger partial charge is 0.243 e. The van der Waals surface area contributed by atoms with Gasteiger partial charge in [-0.2, -0.15) is 0 Å². The molecule has 0 saturated carbocycles. The molecule has 0 fully saturated rings. The van der Waals surface area contributed by atoms with E-state index in [0.29, 0.717) is 13.0 Å². The van der Waals surface area contributed by atoms with Crippen molar-refractivity contribution in [1.82, 2.24) is 10.2 Å². The molecule has 0 radical (unpaired) electrons. The summed E-state index contributed by atoms with van der Waals surface area (Å²) in [5.41, 5.74) is 4.17. The maximum Gasteiger partial charge on any atom is 0.243 e. The van der Waals surface area contributed by atoms with Crippen LogP contribution in [0.3, 0.4) is 0 Å². The van der Waals surface area contributed by atoms with E-state index in [9.17, 15) is 9.59 Å². The summed E-state index contributed by atoms with van der Waals surface area (Å²) in [7, 11) is 1.63. The van der Waals surface area contributed by atoms with Gasteiger partial charge in [0.2, 0.25) is 11.8 Å². The van der Waals surface area contributed by atoms with E-state index in [1.54, 1.807) is 12.0 Å². The van der Waals surface area contributed by atoms with Crippen LogP contribution in [0.25, 0.3) is 0 Å². The highest BCUT2D eigenvalue weighted by molar-refractivity contribution is 5.88. The van der Waals surface area contributed by atoms with Crippen LogP contribution < -0.4 is 10.1 Å². The first-order chi connectivity index (χ1) is 14.8. The molecule has 0 aliphatic carbocycles. The molecular formula is C26H36N2O3. The number of ether oxygens (including phenoxy) is 1. The Kier molecular flexibility index (Phi) is 9.10. The molecular weight excluding hydrogens is 388 g/mol. The van der Waals surface area contributed by atoms with Gasteiger partial charge in [-0.05, 0) is 62.4 Å². The van der Waals surface area contributed by atoms with Crippen molar-refractivity contribution in [2.24, 2.45) is 0 Å². The van der Waals surface area contributed by atoms with Crippen LogP contribution >= 0.6 is 0 Å². The van der Waals surface area contributed by atoms with Crippen LogP contribution in [-0.2, 0) is 22.6 Å². The van der Waals surface area contributed by atoms with Gasteiger partial charge in [0.1, 0.15) is 11.8 Å². The minimum absolute atomic E-state index is 0.0457. The highest BCUT2D eigenvalue weighted by atomic mass is 16.5. The molecule has 1 N–H and O–H groups in total. The first kappa shape index (κ1) is 24.4. The lowest BCUT2D eigenvalue weighted by Gasteiger charge is -2.32. The zero-order chi connectivity index (χ0) is 23.0. The number of rotatable bonds is 10. The Morgan fingerprint density at radius 3 is 2.29 bits per heavy atom. The van der Waals surface area contributed by atoms with Gasteiger partial charge >= 0.3 is 0 Å². The van der Waals surface area contributed by atoms with Gasteiger partial charge < -0.3 is 15.0 Å². The van der Waals surface area contributed by atoms with E-state index in [1.807, 2.05) is 71.0 Å². The van der Waals surface area contributed by atoms with Crippen molar-refractivity contribution < 1.29 is 14.3 Å². The van der Waals surface area contributed by atoms with Gasteiger partial charge in [0.05, 0.1) is 13.5 Å². The SMILES string of the molecule is CC[C@@H](C)NC(=O)[C@@H](CC)N(Cc1ccc(OC)cc1)C(=O)Cc1cc(C)ccc1C. The second kappa shape index (κ2) is 11.5. The van der Waals surface area contributed by atoms with Gasteiger partial charge in [0.25, 0.3) is 0 Å². The van der Waals surface area contributed by atoms with Crippen molar-refractivity contribution in [1.29, 1.82) is 0 Å². The van der Waals surface area contributed by atoms with Gasteiger partial charge in [0, 0.05) is 12.6 Å². The van der Waals surface area contributed by atoms with Crippen molar-refractivity contribution >= 4 is 11.8 Å². The Labute approximate surface area is 186 Å². The highest BCUT2D eigenvalue weighted by Crippen LogP contribution is 2.19. The van der Waals surface area contributed by atoms with Gasteiger partial charge in [-0.3, -0.25) is 9.59 Å². The third kappa shape index (κ3) is 6.84. The molecule has 0 saturated heterocycles. The lowest BCUT2D eigenvalue weighted by Crippen LogP contribution is -2.51. The van der Waals surface area contributed by atoms with Crippen LogP contribution in [0, 0.1) is 13.8 Å². The van der Waals surface area contributed by atoms with Gasteiger partial charge in [-0.1, -0.05) is 49.7 Å². The van der Waals surface area contributed by atoms with E-state index in [4.69, 9.17) is 4.74 Å². The molecule has 2 amide bonds. The molecule has 0 heterocycles. The molecule has 2 aromatic rings. The summed E-state index contributed by atoms with van der Waals surface area (Å²) < 4.78 is 5.24. The normalized spacial score (nSPS) is 12.7. The largest absolute Gasteiger partial charge is 0.497 e. The molecule has 0 aliphatic heterocycles. The first-order valence-corrected chi connectivity index (χ1v) is 11.1. The van der Waals surface area contributed by atoms with Crippen molar-refractivity contribution in [3.05, 3.63) is 64.7 Å². The quantitative estimate of drug-likeness (QED) is 0.607. The molecule has 2 rings (SSSR count). The molecule has 0 spiro atoms. The minimum atomic E-state index is -0.520. The zero-order valence-corrected chi connectivity index (χ0v) is 19.7. The summed E-state index contributed by atoms with van der Waals surface area (Å²) in [4.78, 5) is 28.2. The van der Waals surface area contributed by atoms with Gasteiger partial charge in [-0.15, -0.1) is 0 Å². The van der Waals surface area contributed by atoms with E-state index in [1.165, 1.54) is 0 Å². The predicted octanol–water partition coefficient (Wildman–Crippen LogP) is 4.58. The maximum absolute atomic E-state index is 13.5. The number of nitrogens with one attached hydrogen (secondary N) is 1. The fourth-order valence-corrected chi connectivity index (χ4v) is 3.54. The van der Waals surface area contributed by atoms with Gasteiger partial charge in [0.15, 0.2) is 0 Å². The van der Waals surface area contributed by atoms with E-state index in [0.717, 1.165) is 34.4 Å². The van der Waals surface area contributed by atoms with Crippen molar-refractivity contribution in [3.8, 4) is 5.75 Å². The molecule has 0 unspecified atom stereocenters.